The molecule has 0 aliphatic carbocycles. The zero-order chi connectivity index (χ0) is 28.2. The van der Waals surface area contributed by atoms with Crippen LogP contribution in [0.1, 0.15) is 61.3 Å². The van der Waals surface area contributed by atoms with Crippen LogP contribution in [0, 0.1) is 5.92 Å². The quantitative estimate of drug-likeness (QED) is 0.303. The van der Waals surface area contributed by atoms with Gasteiger partial charge < -0.3 is 33.9 Å². The fraction of sp³-hybridized carbons (Fsp3) is 0.483. The van der Waals surface area contributed by atoms with Crippen LogP contribution < -0.4 is 24.3 Å². The highest BCUT2D eigenvalue weighted by atomic mass is 16.7. The van der Waals surface area contributed by atoms with E-state index in [1.54, 1.807) is 48.2 Å². The van der Waals surface area contributed by atoms with E-state index >= 15 is 0 Å². The van der Waals surface area contributed by atoms with E-state index in [1.165, 1.54) is 0 Å². The molecule has 2 amide bonds. The molecule has 0 atom stereocenters. The van der Waals surface area contributed by atoms with Gasteiger partial charge in [-0.2, -0.15) is 0 Å². The molecule has 1 aliphatic heterocycles. The summed E-state index contributed by atoms with van der Waals surface area (Å²) in [5, 5.41) is 3.02. The average Bonchev–Trinajstić information content (AvgIpc) is 2.94. The minimum Gasteiger partial charge on any atom is -0.490 e. The number of hydrogen-bond donors (Lipinski definition) is 1. The predicted octanol–water partition coefficient (Wildman–Crippen LogP) is 4.70. The number of nitrogens with zero attached hydrogens (tertiary/aromatic N) is 1. The summed E-state index contributed by atoms with van der Waals surface area (Å²) < 4.78 is 26.9. The van der Waals surface area contributed by atoms with Crippen LogP contribution >= 0.6 is 0 Å². The molecule has 0 aromatic heterocycles. The van der Waals surface area contributed by atoms with Crippen molar-refractivity contribution in [2.45, 2.75) is 40.5 Å². The van der Waals surface area contributed by atoms with Crippen molar-refractivity contribution >= 4 is 18.0 Å². The zero-order valence-corrected chi connectivity index (χ0v) is 23.1. The Bertz CT molecular complexity index is 1080. The Kier molecular flexibility index (Phi) is 11.3. The maximum atomic E-state index is 13.0. The van der Waals surface area contributed by atoms with Crippen molar-refractivity contribution in [1.29, 1.82) is 0 Å². The SMILES string of the molecule is CCOC(=O)Oc1ccc(C(=O)N2CCC(CNC(=O)c3cc(OCC)c(OCC)c(OCC)c3)CC2)cc1. The van der Waals surface area contributed by atoms with Crippen molar-refractivity contribution in [3.8, 4) is 23.0 Å². The largest absolute Gasteiger partial charge is 0.513 e. The summed E-state index contributed by atoms with van der Waals surface area (Å²) in [5.74, 6) is 1.71. The number of piperidine rings is 1. The van der Waals surface area contributed by atoms with Gasteiger partial charge in [0.25, 0.3) is 11.8 Å². The Labute approximate surface area is 229 Å². The third-order valence-electron chi connectivity index (χ3n) is 6.19. The fourth-order valence-corrected chi connectivity index (χ4v) is 4.29. The van der Waals surface area contributed by atoms with E-state index in [0.29, 0.717) is 73.6 Å². The van der Waals surface area contributed by atoms with Crippen LogP contribution in [0.3, 0.4) is 0 Å². The monoisotopic (exact) mass is 542 g/mol. The minimum atomic E-state index is -0.780. The molecule has 1 N–H and O–H groups in total. The Balaban J connectivity index is 1.53. The molecule has 1 aliphatic rings. The highest BCUT2D eigenvalue weighted by molar-refractivity contribution is 5.96. The van der Waals surface area contributed by atoms with E-state index in [2.05, 4.69) is 5.32 Å². The van der Waals surface area contributed by atoms with E-state index in [0.717, 1.165) is 12.8 Å². The van der Waals surface area contributed by atoms with Gasteiger partial charge in [-0.15, -0.1) is 0 Å². The van der Waals surface area contributed by atoms with Gasteiger partial charge in [0, 0.05) is 30.8 Å². The second-order valence-corrected chi connectivity index (χ2v) is 8.86. The van der Waals surface area contributed by atoms with Crippen molar-refractivity contribution in [3.63, 3.8) is 0 Å². The molecule has 1 saturated heterocycles. The second-order valence-electron chi connectivity index (χ2n) is 8.86. The number of hydrogen-bond acceptors (Lipinski definition) is 8. The summed E-state index contributed by atoms with van der Waals surface area (Å²) in [4.78, 5) is 39.2. The number of rotatable bonds is 12. The van der Waals surface area contributed by atoms with Gasteiger partial charge in [-0.1, -0.05) is 0 Å². The zero-order valence-electron chi connectivity index (χ0n) is 23.1. The molecule has 0 radical (unpaired) electrons. The topological polar surface area (TPSA) is 113 Å². The molecule has 1 fully saturated rings. The van der Waals surface area contributed by atoms with E-state index in [-0.39, 0.29) is 24.3 Å². The van der Waals surface area contributed by atoms with Crippen LogP contribution in [0.15, 0.2) is 36.4 Å². The third-order valence-corrected chi connectivity index (χ3v) is 6.19. The highest BCUT2D eigenvalue weighted by Gasteiger charge is 2.25. The van der Waals surface area contributed by atoms with Crippen molar-refractivity contribution < 1.29 is 38.1 Å². The first-order chi connectivity index (χ1) is 18.9. The molecule has 2 aromatic carbocycles. The van der Waals surface area contributed by atoms with E-state index < -0.39 is 6.16 Å². The van der Waals surface area contributed by atoms with Crippen LogP contribution in [0.5, 0.6) is 23.0 Å². The second kappa shape index (κ2) is 14.8. The van der Waals surface area contributed by atoms with Gasteiger partial charge in [0.05, 0.1) is 26.4 Å². The van der Waals surface area contributed by atoms with Crippen LogP contribution in [0.2, 0.25) is 0 Å². The molecule has 3 rings (SSSR count). The normalized spacial score (nSPS) is 13.4. The third kappa shape index (κ3) is 8.27. The van der Waals surface area contributed by atoms with E-state index in [1.807, 2.05) is 20.8 Å². The number of carbonyl (C=O) groups excluding carboxylic acids is 3. The molecular formula is C29H38N2O8. The van der Waals surface area contributed by atoms with Gasteiger partial charge in [0.1, 0.15) is 5.75 Å². The summed E-state index contributed by atoms with van der Waals surface area (Å²) in [7, 11) is 0. The lowest BCUT2D eigenvalue weighted by molar-refractivity contribution is 0.0684. The maximum Gasteiger partial charge on any atom is 0.513 e. The number of likely N-dealkylation sites (tertiary alicyclic amines) is 1. The number of carbonyl (C=O) groups is 3. The van der Waals surface area contributed by atoms with Crippen LogP contribution in [-0.2, 0) is 4.74 Å². The standard InChI is InChI=1S/C29H38N2O8/c1-5-35-24-17-22(18-25(36-6-2)26(24)37-7-3)27(32)30-19-20-13-15-31(16-14-20)28(33)21-9-11-23(12-10-21)39-29(34)38-8-4/h9-12,17-18,20H,5-8,13-16,19H2,1-4H3,(H,30,32). The van der Waals surface area contributed by atoms with Gasteiger partial charge in [0.2, 0.25) is 5.75 Å². The molecular weight excluding hydrogens is 504 g/mol. The van der Waals surface area contributed by atoms with Gasteiger partial charge in [-0.05, 0) is 82.9 Å². The molecule has 0 spiro atoms. The molecule has 1 heterocycles. The molecule has 10 nitrogen and oxygen atoms in total. The summed E-state index contributed by atoms with van der Waals surface area (Å²) in [6, 6.07) is 9.76. The van der Waals surface area contributed by atoms with Crippen LogP contribution in [0.4, 0.5) is 4.79 Å². The summed E-state index contributed by atoms with van der Waals surface area (Å²) in [5.41, 5.74) is 0.956. The Morgan fingerprint density at radius 2 is 1.41 bits per heavy atom. The molecule has 0 bridgehead atoms. The fourth-order valence-electron chi connectivity index (χ4n) is 4.29. The first kappa shape index (κ1) is 29.6. The lowest BCUT2D eigenvalue weighted by Gasteiger charge is -2.32. The summed E-state index contributed by atoms with van der Waals surface area (Å²) in [6.45, 7) is 10.5. The van der Waals surface area contributed by atoms with Crippen molar-refractivity contribution in [3.05, 3.63) is 47.5 Å². The molecule has 0 unspecified atom stereocenters. The number of amides is 2. The van der Waals surface area contributed by atoms with Crippen LogP contribution in [-0.4, -0.2) is 68.9 Å². The van der Waals surface area contributed by atoms with E-state index in [4.69, 9.17) is 23.7 Å². The highest BCUT2D eigenvalue weighted by Crippen LogP contribution is 2.39. The van der Waals surface area contributed by atoms with Crippen molar-refractivity contribution in [2.75, 3.05) is 46.1 Å². The molecule has 10 heteroatoms. The van der Waals surface area contributed by atoms with Gasteiger partial charge in [0.15, 0.2) is 11.5 Å². The minimum absolute atomic E-state index is 0.0820. The van der Waals surface area contributed by atoms with Gasteiger partial charge in [-0.25, -0.2) is 4.79 Å². The maximum absolute atomic E-state index is 13.0. The number of nitrogens with one attached hydrogen (secondary N) is 1. The molecule has 2 aromatic rings. The van der Waals surface area contributed by atoms with Gasteiger partial charge in [-0.3, -0.25) is 9.59 Å². The lowest BCUT2D eigenvalue weighted by atomic mass is 9.96. The summed E-state index contributed by atoms with van der Waals surface area (Å²) in [6.07, 6.45) is 0.763. The van der Waals surface area contributed by atoms with Crippen molar-refractivity contribution in [1.82, 2.24) is 10.2 Å². The molecule has 0 saturated carbocycles. The summed E-state index contributed by atoms with van der Waals surface area (Å²) >= 11 is 0. The average molecular weight is 543 g/mol. The Morgan fingerprint density at radius 3 is 1.95 bits per heavy atom. The molecule has 39 heavy (non-hydrogen) atoms. The van der Waals surface area contributed by atoms with Crippen LogP contribution in [0.25, 0.3) is 0 Å². The van der Waals surface area contributed by atoms with E-state index in [9.17, 15) is 14.4 Å². The van der Waals surface area contributed by atoms with Gasteiger partial charge >= 0.3 is 6.16 Å². The lowest BCUT2D eigenvalue weighted by Crippen LogP contribution is -2.41. The number of benzene rings is 2. The first-order valence-corrected chi connectivity index (χ1v) is 13.5. The Hall–Kier alpha value is -3.95. The Morgan fingerprint density at radius 1 is 0.821 bits per heavy atom. The van der Waals surface area contributed by atoms with Crippen molar-refractivity contribution in [2.24, 2.45) is 5.92 Å². The smallest absolute Gasteiger partial charge is 0.490 e. The first-order valence-electron chi connectivity index (χ1n) is 13.5. The molecule has 212 valence electrons. The number of ether oxygens (including phenoxy) is 5. The predicted molar refractivity (Wildman–Crippen MR) is 145 cm³/mol.